The van der Waals surface area contributed by atoms with E-state index in [0.717, 1.165) is 16.7 Å². The summed E-state index contributed by atoms with van der Waals surface area (Å²) < 4.78 is 31.2. The van der Waals surface area contributed by atoms with Crippen molar-refractivity contribution >= 4 is 21.8 Å². The van der Waals surface area contributed by atoms with Gasteiger partial charge in [0.2, 0.25) is 5.91 Å². The van der Waals surface area contributed by atoms with Gasteiger partial charge in [-0.15, -0.1) is 0 Å². The molecule has 0 fully saturated rings. The monoisotopic (exact) mass is 596 g/mol. The number of nitrogens with one attached hydrogen (secondary N) is 2. The quantitative estimate of drug-likeness (QED) is 0.193. The van der Waals surface area contributed by atoms with Crippen LogP contribution in [0.3, 0.4) is 0 Å². The second kappa shape index (κ2) is 16.1. The van der Waals surface area contributed by atoms with Crippen molar-refractivity contribution in [3.8, 4) is 0 Å². The Bertz CT molecular complexity index is 1560. The molecule has 0 aliphatic rings. The summed E-state index contributed by atoms with van der Waals surface area (Å²) in [6.07, 6.45) is 2.11. The summed E-state index contributed by atoms with van der Waals surface area (Å²) in [6.45, 7) is 0.0636. The molecule has 0 radical (unpaired) electrons. The van der Waals surface area contributed by atoms with E-state index in [9.17, 15) is 18.0 Å². The number of benzene rings is 4. The maximum atomic E-state index is 13.6. The zero-order valence-corrected chi connectivity index (χ0v) is 24.7. The topological polar surface area (TPSA) is 102 Å². The molecule has 43 heavy (non-hydrogen) atoms. The number of rotatable bonds is 14. The van der Waals surface area contributed by atoms with Crippen LogP contribution in [0.5, 0.6) is 0 Å². The van der Waals surface area contributed by atoms with Gasteiger partial charge in [0.05, 0.1) is 5.75 Å². The first-order valence-corrected chi connectivity index (χ1v) is 15.9. The first kappa shape index (κ1) is 31.3. The number of amides is 2. The highest BCUT2D eigenvalue weighted by atomic mass is 32.2. The smallest absolute Gasteiger partial charge is 0.408 e. The third kappa shape index (κ3) is 11.2. The van der Waals surface area contributed by atoms with Crippen LogP contribution in [0, 0.1) is 0 Å². The van der Waals surface area contributed by atoms with Crippen LogP contribution in [0.4, 0.5) is 4.79 Å². The number of ether oxygens (including phenoxy) is 1. The molecular weight excluding hydrogens is 560 g/mol. The van der Waals surface area contributed by atoms with Crippen molar-refractivity contribution in [1.82, 2.24) is 10.6 Å². The van der Waals surface area contributed by atoms with Crippen molar-refractivity contribution in [2.45, 2.75) is 43.7 Å². The van der Waals surface area contributed by atoms with Gasteiger partial charge < -0.3 is 15.4 Å². The van der Waals surface area contributed by atoms with Crippen molar-refractivity contribution in [2.24, 2.45) is 0 Å². The van der Waals surface area contributed by atoms with Gasteiger partial charge in [0.15, 0.2) is 9.84 Å². The summed E-state index contributed by atoms with van der Waals surface area (Å²) in [4.78, 5) is 26.4. The fourth-order valence-electron chi connectivity index (χ4n) is 4.50. The van der Waals surface area contributed by atoms with E-state index < -0.39 is 33.9 Å². The minimum Gasteiger partial charge on any atom is -0.445 e. The van der Waals surface area contributed by atoms with E-state index in [-0.39, 0.29) is 18.8 Å². The van der Waals surface area contributed by atoms with Crippen LogP contribution >= 0.6 is 0 Å². The normalized spacial score (nSPS) is 12.7. The Kier molecular flexibility index (Phi) is 11.7. The molecule has 2 amide bonds. The van der Waals surface area contributed by atoms with Crippen LogP contribution in [0.15, 0.2) is 133 Å². The van der Waals surface area contributed by atoms with Gasteiger partial charge in [0.1, 0.15) is 12.6 Å². The SMILES string of the molecule is O=C(N[C@@H](Cc1ccccc1)C(=O)N[C@H](/C=C/S(=O)(=O)Cc1ccccc1)CCc1ccccc1)OCc1ccccc1. The molecule has 0 spiro atoms. The Balaban J connectivity index is 1.48. The number of carbonyl (C=O) groups excluding carboxylic acids is 2. The molecule has 2 atom stereocenters. The van der Waals surface area contributed by atoms with Crippen LogP contribution in [0.1, 0.15) is 28.7 Å². The summed E-state index contributed by atoms with van der Waals surface area (Å²) in [5, 5.41) is 6.84. The van der Waals surface area contributed by atoms with Crippen LogP contribution in [0.25, 0.3) is 0 Å². The van der Waals surface area contributed by atoms with Gasteiger partial charge in [-0.2, -0.15) is 0 Å². The van der Waals surface area contributed by atoms with Crippen LogP contribution in [-0.2, 0) is 44.6 Å². The van der Waals surface area contributed by atoms with Crippen molar-refractivity contribution in [3.63, 3.8) is 0 Å². The minimum absolute atomic E-state index is 0.0636. The molecule has 8 heteroatoms. The van der Waals surface area contributed by atoms with Gasteiger partial charge in [-0.3, -0.25) is 4.79 Å². The van der Waals surface area contributed by atoms with Crippen LogP contribution in [-0.4, -0.2) is 32.5 Å². The Hall–Kier alpha value is -4.69. The summed E-state index contributed by atoms with van der Waals surface area (Å²) in [6, 6.07) is 35.8. The van der Waals surface area contributed by atoms with Crippen molar-refractivity contribution in [1.29, 1.82) is 0 Å². The lowest BCUT2D eigenvalue weighted by atomic mass is 10.0. The molecule has 0 heterocycles. The molecule has 0 unspecified atom stereocenters. The van der Waals surface area contributed by atoms with E-state index in [0.29, 0.717) is 18.4 Å². The van der Waals surface area contributed by atoms with Gasteiger partial charge >= 0.3 is 6.09 Å². The zero-order valence-electron chi connectivity index (χ0n) is 23.8. The molecule has 0 aromatic heterocycles. The highest BCUT2D eigenvalue weighted by Crippen LogP contribution is 2.12. The molecule has 0 saturated carbocycles. The van der Waals surface area contributed by atoms with Crippen molar-refractivity contribution < 1.29 is 22.7 Å². The fourth-order valence-corrected chi connectivity index (χ4v) is 5.68. The lowest BCUT2D eigenvalue weighted by molar-refractivity contribution is -0.123. The molecule has 4 rings (SSSR count). The second-order valence-electron chi connectivity index (χ2n) is 10.2. The highest BCUT2D eigenvalue weighted by Gasteiger charge is 2.24. The molecule has 0 aliphatic heterocycles. The summed E-state index contributed by atoms with van der Waals surface area (Å²) in [7, 11) is -3.59. The highest BCUT2D eigenvalue weighted by molar-refractivity contribution is 7.93. The molecular formula is C35H36N2O5S. The van der Waals surface area contributed by atoms with E-state index in [1.165, 1.54) is 11.5 Å². The number of sulfone groups is 1. The predicted octanol–water partition coefficient (Wildman–Crippen LogP) is 5.77. The van der Waals surface area contributed by atoms with Gasteiger partial charge in [-0.05, 0) is 35.1 Å². The Labute approximate surface area is 253 Å². The number of hydrogen-bond acceptors (Lipinski definition) is 5. The zero-order chi connectivity index (χ0) is 30.3. The largest absolute Gasteiger partial charge is 0.445 e. The third-order valence-electron chi connectivity index (χ3n) is 6.75. The standard InChI is InChI=1S/C35H36N2O5S/c38-34(33(25-29-15-7-2-8-16-29)37-35(39)42-26-30-17-9-3-10-18-30)36-32(22-21-28-13-5-1-6-14-28)23-24-43(40,41)27-31-19-11-4-12-20-31/h1-20,23-24,32-33H,21-22,25-27H2,(H,36,38)(H,37,39)/b24-23+/t32-,33-/m0/s1. The van der Waals surface area contributed by atoms with E-state index in [2.05, 4.69) is 10.6 Å². The molecule has 222 valence electrons. The Morgan fingerprint density at radius 3 is 1.77 bits per heavy atom. The average molecular weight is 597 g/mol. The number of aryl methyl sites for hydroxylation is 1. The number of alkyl carbamates (subject to hydrolysis) is 1. The maximum absolute atomic E-state index is 13.6. The first-order valence-electron chi connectivity index (χ1n) is 14.2. The minimum atomic E-state index is -3.59. The Morgan fingerprint density at radius 1 is 0.674 bits per heavy atom. The molecule has 0 saturated heterocycles. The molecule has 4 aromatic carbocycles. The van der Waals surface area contributed by atoms with Crippen LogP contribution in [0.2, 0.25) is 0 Å². The van der Waals surface area contributed by atoms with Gasteiger partial charge in [0.25, 0.3) is 0 Å². The fraction of sp³-hybridized carbons (Fsp3) is 0.200. The van der Waals surface area contributed by atoms with Crippen molar-refractivity contribution in [2.75, 3.05) is 0 Å². The van der Waals surface area contributed by atoms with E-state index >= 15 is 0 Å². The Morgan fingerprint density at radius 2 is 1.19 bits per heavy atom. The number of hydrogen-bond donors (Lipinski definition) is 2. The third-order valence-corrected chi connectivity index (χ3v) is 8.05. The lowest BCUT2D eigenvalue weighted by Gasteiger charge is -2.22. The van der Waals surface area contributed by atoms with E-state index in [4.69, 9.17) is 4.74 Å². The molecule has 2 N–H and O–H groups in total. The average Bonchev–Trinajstić information content (AvgIpc) is 3.03. The molecule has 0 aliphatic carbocycles. The van der Waals surface area contributed by atoms with Gasteiger partial charge in [-0.1, -0.05) is 127 Å². The van der Waals surface area contributed by atoms with Crippen molar-refractivity contribution in [3.05, 3.63) is 155 Å². The van der Waals surface area contributed by atoms with E-state index in [1.54, 1.807) is 24.3 Å². The summed E-state index contributed by atoms with van der Waals surface area (Å²) >= 11 is 0. The van der Waals surface area contributed by atoms with Crippen LogP contribution < -0.4 is 10.6 Å². The van der Waals surface area contributed by atoms with Gasteiger partial charge in [-0.25, -0.2) is 13.2 Å². The summed E-state index contributed by atoms with van der Waals surface area (Å²) in [5.41, 5.74) is 3.42. The molecule has 0 bridgehead atoms. The lowest BCUT2D eigenvalue weighted by Crippen LogP contribution is -2.50. The second-order valence-corrected chi connectivity index (χ2v) is 12.1. The molecule has 7 nitrogen and oxygen atoms in total. The summed E-state index contributed by atoms with van der Waals surface area (Å²) in [5.74, 6) is -0.585. The predicted molar refractivity (Wildman–Crippen MR) is 169 cm³/mol. The molecule has 4 aromatic rings. The van der Waals surface area contributed by atoms with Gasteiger partial charge in [0, 0.05) is 17.9 Å². The maximum Gasteiger partial charge on any atom is 0.408 e. The first-order chi connectivity index (χ1) is 20.9. The number of carbonyl (C=O) groups is 2. The van der Waals surface area contributed by atoms with E-state index in [1.807, 2.05) is 97.1 Å².